The van der Waals surface area contributed by atoms with E-state index in [4.69, 9.17) is 4.74 Å². The van der Waals surface area contributed by atoms with Crippen molar-refractivity contribution in [2.24, 2.45) is 7.05 Å². The molecule has 0 aliphatic rings. The number of aryl methyl sites for hydroxylation is 1. The van der Waals surface area contributed by atoms with Crippen molar-refractivity contribution in [3.63, 3.8) is 0 Å². The summed E-state index contributed by atoms with van der Waals surface area (Å²) in [5, 5.41) is 7.41. The van der Waals surface area contributed by atoms with Crippen LogP contribution in [0.2, 0.25) is 0 Å². The molecular weight excluding hydrogens is 228 g/mol. The molecule has 0 aliphatic carbocycles. The van der Waals surface area contributed by atoms with Crippen molar-refractivity contribution in [2.45, 2.75) is 13.3 Å². The van der Waals surface area contributed by atoms with Crippen LogP contribution in [0.5, 0.6) is 5.88 Å². The topological polar surface area (TPSA) is 52.0 Å². The van der Waals surface area contributed by atoms with Gasteiger partial charge >= 0.3 is 0 Å². The highest BCUT2D eigenvalue weighted by Crippen LogP contribution is 2.11. The van der Waals surface area contributed by atoms with Gasteiger partial charge in [-0.05, 0) is 25.0 Å². The predicted molar refractivity (Wildman–Crippen MR) is 70.8 cm³/mol. The smallest absolute Gasteiger partial charge is 0.215 e. The standard InChI is InChI=1S/C13H18N4O/c1-3-18-13-6-4-5-12(16-13)14-8-7-11-9-15-17(2)10-11/h4-6,9-10H,3,7-8H2,1-2H3,(H,14,16). The number of ether oxygens (including phenoxy) is 1. The Morgan fingerprint density at radius 2 is 2.28 bits per heavy atom. The minimum absolute atomic E-state index is 0.631. The zero-order chi connectivity index (χ0) is 12.8. The first kappa shape index (κ1) is 12.4. The van der Waals surface area contributed by atoms with Crippen molar-refractivity contribution in [1.82, 2.24) is 14.8 Å². The van der Waals surface area contributed by atoms with Crippen LogP contribution in [0.4, 0.5) is 5.82 Å². The number of aromatic nitrogens is 3. The highest BCUT2D eigenvalue weighted by molar-refractivity contribution is 5.37. The zero-order valence-electron chi connectivity index (χ0n) is 10.8. The SMILES string of the molecule is CCOc1cccc(NCCc2cnn(C)c2)n1. The molecule has 0 bridgehead atoms. The summed E-state index contributed by atoms with van der Waals surface area (Å²) in [5.41, 5.74) is 1.21. The van der Waals surface area contributed by atoms with E-state index in [1.54, 1.807) is 0 Å². The molecule has 1 N–H and O–H groups in total. The van der Waals surface area contributed by atoms with E-state index in [9.17, 15) is 0 Å². The van der Waals surface area contributed by atoms with Crippen molar-refractivity contribution < 1.29 is 4.74 Å². The first-order chi connectivity index (χ1) is 8.78. The normalized spacial score (nSPS) is 10.3. The number of pyridine rings is 1. The van der Waals surface area contributed by atoms with Crippen LogP contribution in [0.15, 0.2) is 30.6 Å². The lowest BCUT2D eigenvalue weighted by Crippen LogP contribution is -2.06. The third-order valence-electron chi connectivity index (χ3n) is 2.49. The third-order valence-corrected chi connectivity index (χ3v) is 2.49. The van der Waals surface area contributed by atoms with Crippen LogP contribution in [0.25, 0.3) is 0 Å². The van der Waals surface area contributed by atoms with Crippen LogP contribution in [-0.2, 0) is 13.5 Å². The van der Waals surface area contributed by atoms with Crippen molar-refractivity contribution in [3.8, 4) is 5.88 Å². The van der Waals surface area contributed by atoms with Gasteiger partial charge in [0.05, 0.1) is 12.8 Å². The molecule has 0 saturated carbocycles. The van der Waals surface area contributed by atoms with E-state index in [-0.39, 0.29) is 0 Å². The van der Waals surface area contributed by atoms with Gasteiger partial charge in [-0.15, -0.1) is 0 Å². The lowest BCUT2D eigenvalue weighted by atomic mass is 10.2. The maximum Gasteiger partial charge on any atom is 0.215 e. The minimum atomic E-state index is 0.631. The summed E-state index contributed by atoms with van der Waals surface area (Å²) in [6, 6.07) is 5.73. The van der Waals surface area contributed by atoms with Crippen molar-refractivity contribution >= 4 is 5.82 Å². The van der Waals surface area contributed by atoms with Crippen molar-refractivity contribution in [1.29, 1.82) is 0 Å². The fraction of sp³-hybridized carbons (Fsp3) is 0.385. The van der Waals surface area contributed by atoms with Gasteiger partial charge in [0.1, 0.15) is 5.82 Å². The molecule has 2 rings (SSSR count). The van der Waals surface area contributed by atoms with E-state index in [1.807, 2.05) is 49.2 Å². The molecule has 96 valence electrons. The van der Waals surface area contributed by atoms with Crippen LogP contribution in [-0.4, -0.2) is 27.9 Å². The van der Waals surface area contributed by atoms with Crippen molar-refractivity contribution in [2.75, 3.05) is 18.5 Å². The third kappa shape index (κ3) is 3.48. The second-order valence-electron chi connectivity index (χ2n) is 3.99. The Labute approximate surface area is 107 Å². The highest BCUT2D eigenvalue weighted by Gasteiger charge is 1.99. The van der Waals surface area contributed by atoms with Gasteiger partial charge in [-0.25, -0.2) is 0 Å². The van der Waals surface area contributed by atoms with Gasteiger partial charge in [0, 0.05) is 25.9 Å². The number of nitrogens with zero attached hydrogens (tertiary/aromatic N) is 3. The van der Waals surface area contributed by atoms with Crippen LogP contribution in [0, 0.1) is 0 Å². The van der Waals surface area contributed by atoms with Gasteiger partial charge in [-0.1, -0.05) is 6.07 Å². The molecule has 0 saturated heterocycles. The molecule has 0 aliphatic heterocycles. The molecule has 5 nitrogen and oxygen atoms in total. The van der Waals surface area contributed by atoms with E-state index in [0.29, 0.717) is 12.5 Å². The summed E-state index contributed by atoms with van der Waals surface area (Å²) in [4.78, 5) is 4.34. The van der Waals surface area contributed by atoms with E-state index in [1.165, 1.54) is 5.56 Å². The van der Waals surface area contributed by atoms with E-state index < -0.39 is 0 Å². The monoisotopic (exact) mass is 246 g/mol. The quantitative estimate of drug-likeness (QED) is 0.845. The Hall–Kier alpha value is -2.04. The van der Waals surface area contributed by atoms with E-state index in [2.05, 4.69) is 15.4 Å². The molecule has 0 amide bonds. The summed E-state index contributed by atoms with van der Waals surface area (Å²) >= 11 is 0. The number of rotatable bonds is 6. The molecule has 2 aromatic rings. The van der Waals surface area contributed by atoms with Gasteiger partial charge < -0.3 is 10.1 Å². The minimum Gasteiger partial charge on any atom is -0.478 e. The van der Waals surface area contributed by atoms with E-state index in [0.717, 1.165) is 18.8 Å². The van der Waals surface area contributed by atoms with Crippen molar-refractivity contribution in [3.05, 3.63) is 36.2 Å². The molecule has 2 heterocycles. The average Bonchev–Trinajstić information content (AvgIpc) is 2.76. The Morgan fingerprint density at radius 1 is 1.39 bits per heavy atom. The van der Waals surface area contributed by atoms with Crippen LogP contribution < -0.4 is 10.1 Å². The van der Waals surface area contributed by atoms with Crippen LogP contribution >= 0.6 is 0 Å². The Balaban J connectivity index is 1.84. The number of anilines is 1. The fourth-order valence-electron chi connectivity index (χ4n) is 1.68. The summed E-state index contributed by atoms with van der Waals surface area (Å²) in [5.74, 6) is 1.49. The molecule has 2 aromatic heterocycles. The highest BCUT2D eigenvalue weighted by atomic mass is 16.5. The van der Waals surface area contributed by atoms with E-state index >= 15 is 0 Å². The first-order valence-electron chi connectivity index (χ1n) is 6.09. The van der Waals surface area contributed by atoms with Gasteiger partial charge in [-0.3, -0.25) is 4.68 Å². The Morgan fingerprint density at radius 3 is 3.00 bits per heavy atom. The summed E-state index contributed by atoms with van der Waals surface area (Å²) in [7, 11) is 1.92. The Bertz CT molecular complexity index is 495. The predicted octanol–water partition coefficient (Wildman–Crippen LogP) is 1.87. The van der Waals surface area contributed by atoms with Gasteiger partial charge in [0.15, 0.2) is 0 Å². The van der Waals surface area contributed by atoms with Gasteiger partial charge in [-0.2, -0.15) is 10.1 Å². The van der Waals surface area contributed by atoms with Crippen LogP contribution in [0.1, 0.15) is 12.5 Å². The number of hydrogen-bond donors (Lipinski definition) is 1. The molecule has 0 aromatic carbocycles. The van der Waals surface area contributed by atoms with Gasteiger partial charge in [0.25, 0.3) is 0 Å². The summed E-state index contributed by atoms with van der Waals surface area (Å²) in [6.07, 6.45) is 4.83. The molecular formula is C13H18N4O. The molecule has 5 heteroatoms. The maximum atomic E-state index is 5.35. The summed E-state index contributed by atoms with van der Waals surface area (Å²) in [6.45, 7) is 3.41. The van der Waals surface area contributed by atoms with Crippen LogP contribution in [0.3, 0.4) is 0 Å². The Kier molecular flexibility index (Phi) is 4.17. The number of hydrogen-bond acceptors (Lipinski definition) is 4. The average molecular weight is 246 g/mol. The molecule has 0 atom stereocenters. The molecule has 0 fully saturated rings. The number of nitrogens with one attached hydrogen (secondary N) is 1. The molecule has 18 heavy (non-hydrogen) atoms. The first-order valence-corrected chi connectivity index (χ1v) is 6.09. The lowest BCUT2D eigenvalue weighted by molar-refractivity contribution is 0.327. The second-order valence-corrected chi connectivity index (χ2v) is 3.99. The second kappa shape index (κ2) is 6.05. The largest absolute Gasteiger partial charge is 0.478 e. The molecule has 0 spiro atoms. The van der Waals surface area contributed by atoms with Gasteiger partial charge in [0.2, 0.25) is 5.88 Å². The fourth-order valence-corrected chi connectivity index (χ4v) is 1.68. The lowest BCUT2D eigenvalue weighted by Gasteiger charge is -2.06. The molecule has 0 unspecified atom stereocenters. The summed E-state index contributed by atoms with van der Waals surface area (Å²) < 4.78 is 7.16. The molecule has 0 radical (unpaired) electrons. The zero-order valence-corrected chi connectivity index (χ0v) is 10.8. The maximum absolute atomic E-state index is 5.35.